The van der Waals surface area contributed by atoms with Crippen LogP contribution in [-0.2, 0) is 6.54 Å². The summed E-state index contributed by atoms with van der Waals surface area (Å²) in [4.78, 5) is 13.5. The van der Waals surface area contributed by atoms with Gasteiger partial charge in [-0.2, -0.15) is 0 Å². The molecule has 5 heteroatoms. The predicted molar refractivity (Wildman–Crippen MR) is 81.9 cm³/mol. The van der Waals surface area contributed by atoms with Crippen molar-refractivity contribution in [2.24, 2.45) is 0 Å². The van der Waals surface area contributed by atoms with Gasteiger partial charge in [-0.3, -0.25) is 14.9 Å². The minimum absolute atomic E-state index is 0.486. The molecule has 2 saturated heterocycles. The lowest BCUT2D eigenvalue weighted by atomic mass is 9.91. The first kappa shape index (κ1) is 14.9. The van der Waals surface area contributed by atoms with E-state index in [0.29, 0.717) is 0 Å². The molecule has 3 heterocycles. The topological polar surface area (TPSA) is 52.5 Å². The van der Waals surface area contributed by atoms with E-state index >= 15 is 0 Å². The number of aliphatic hydroxyl groups is 1. The van der Waals surface area contributed by atoms with E-state index in [0.717, 1.165) is 63.5 Å². The highest BCUT2D eigenvalue weighted by atomic mass is 16.3. The number of hydrogen-bond acceptors (Lipinski definition) is 5. The van der Waals surface area contributed by atoms with E-state index < -0.39 is 5.60 Å². The zero-order valence-electron chi connectivity index (χ0n) is 13.0. The van der Waals surface area contributed by atoms with Crippen LogP contribution in [-0.4, -0.2) is 63.2 Å². The van der Waals surface area contributed by atoms with E-state index in [4.69, 9.17) is 0 Å². The second kappa shape index (κ2) is 6.38. The maximum absolute atomic E-state index is 10.8. The maximum Gasteiger partial charge on any atom is 0.0798 e. The number of nitrogens with zero attached hydrogens (tertiary/aromatic N) is 4. The monoisotopic (exact) mass is 290 g/mol. The van der Waals surface area contributed by atoms with Gasteiger partial charge in [0.15, 0.2) is 0 Å². The fourth-order valence-electron chi connectivity index (χ4n) is 3.37. The Morgan fingerprint density at radius 1 is 1.05 bits per heavy atom. The minimum Gasteiger partial charge on any atom is -0.388 e. The molecule has 1 aromatic heterocycles. The lowest BCUT2D eigenvalue weighted by Crippen LogP contribution is -2.50. The van der Waals surface area contributed by atoms with E-state index in [9.17, 15) is 5.11 Å². The number of aryl methyl sites for hydroxylation is 1. The molecule has 21 heavy (non-hydrogen) atoms. The Balaban J connectivity index is 1.48. The molecular weight excluding hydrogens is 264 g/mol. The molecule has 0 saturated carbocycles. The van der Waals surface area contributed by atoms with E-state index in [1.807, 2.05) is 19.3 Å². The summed E-state index contributed by atoms with van der Waals surface area (Å²) < 4.78 is 0. The highest BCUT2D eigenvalue weighted by Crippen LogP contribution is 2.25. The van der Waals surface area contributed by atoms with Gasteiger partial charge in [-0.1, -0.05) is 0 Å². The predicted octanol–water partition coefficient (Wildman–Crippen LogP) is 1.21. The van der Waals surface area contributed by atoms with Crippen molar-refractivity contribution in [1.82, 2.24) is 19.8 Å². The van der Waals surface area contributed by atoms with Crippen LogP contribution in [0.15, 0.2) is 12.4 Å². The third-order valence-electron chi connectivity index (χ3n) is 4.72. The summed E-state index contributed by atoms with van der Waals surface area (Å²) in [7, 11) is 0. The second-order valence-corrected chi connectivity index (χ2v) is 6.63. The Bertz CT molecular complexity index is 448. The van der Waals surface area contributed by atoms with Crippen LogP contribution in [0, 0.1) is 6.92 Å². The summed E-state index contributed by atoms with van der Waals surface area (Å²) in [5.74, 6) is 0. The number of piperidine rings is 1. The molecule has 1 aromatic rings. The summed E-state index contributed by atoms with van der Waals surface area (Å²) in [6.45, 7) is 7.85. The summed E-state index contributed by atoms with van der Waals surface area (Å²) in [5.41, 5.74) is 1.49. The van der Waals surface area contributed by atoms with E-state index in [2.05, 4.69) is 19.8 Å². The molecule has 0 amide bonds. The first-order chi connectivity index (χ1) is 10.1. The number of likely N-dealkylation sites (tertiary alicyclic amines) is 2. The standard InChI is InChI=1S/C16H26N4O/c1-14-10-18-15(11-17-14)12-19-8-4-16(21,5-9-19)13-20-6-2-3-7-20/h10-11,21H,2-9,12-13H2,1H3. The van der Waals surface area contributed by atoms with E-state index in [-0.39, 0.29) is 0 Å². The number of aromatic nitrogens is 2. The Labute approximate surface area is 127 Å². The van der Waals surface area contributed by atoms with Crippen molar-refractivity contribution in [2.45, 2.75) is 44.8 Å². The van der Waals surface area contributed by atoms with Gasteiger partial charge in [0.1, 0.15) is 0 Å². The molecule has 2 aliphatic rings. The van der Waals surface area contributed by atoms with Crippen LogP contribution in [0.3, 0.4) is 0 Å². The molecular formula is C16H26N4O. The van der Waals surface area contributed by atoms with Gasteiger partial charge in [-0.25, -0.2) is 0 Å². The van der Waals surface area contributed by atoms with Gasteiger partial charge >= 0.3 is 0 Å². The molecule has 0 atom stereocenters. The molecule has 1 N–H and O–H groups in total. The van der Waals surface area contributed by atoms with Crippen molar-refractivity contribution >= 4 is 0 Å². The molecule has 116 valence electrons. The summed E-state index contributed by atoms with van der Waals surface area (Å²) in [6, 6.07) is 0. The van der Waals surface area contributed by atoms with Gasteiger partial charge in [0, 0.05) is 38.6 Å². The second-order valence-electron chi connectivity index (χ2n) is 6.63. The maximum atomic E-state index is 10.8. The van der Waals surface area contributed by atoms with Crippen molar-refractivity contribution in [1.29, 1.82) is 0 Å². The summed E-state index contributed by atoms with van der Waals surface area (Å²) >= 11 is 0. The fraction of sp³-hybridized carbons (Fsp3) is 0.750. The van der Waals surface area contributed by atoms with E-state index in [1.165, 1.54) is 12.8 Å². The summed E-state index contributed by atoms with van der Waals surface area (Å²) in [6.07, 6.45) is 7.98. The molecule has 0 spiro atoms. The number of hydrogen-bond donors (Lipinski definition) is 1. The van der Waals surface area contributed by atoms with Crippen molar-refractivity contribution in [3.63, 3.8) is 0 Å². The normalized spacial score (nSPS) is 23.5. The number of β-amino-alcohol motifs (C(OH)–C–C–N with tert-alkyl or cyclic N) is 1. The Kier molecular flexibility index (Phi) is 4.52. The van der Waals surface area contributed by atoms with Crippen LogP contribution in [0.4, 0.5) is 0 Å². The molecule has 2 aliphatic heterocycles. The van der Waals surface area contributed by atoms with Gasteiger partial charge in [0.25, 0.3) is 0 Å². The quantitative estimate of drug-likeness (QED) is 0.903. The molecule has 5 nitrogen and oxygen atoms in total. The van der Waals surface area contributed by atoms with Crippen LogP contribution in [0.1, 0.15) is 37.1 Å². The largest absolute Gasteiger partial charge is 0.388 e. The lowest BCUT2D eigenvalue weighted by Gasteiger charge is -2.40. The van der Waals surface area contributed by atoms with Gasteiger partial charge in [-0.05, 0) is 45.7 Å². The first-order valence-corrected chi connectivity index (χ1v) is 8.08. The highest BCUT2D eigenvalue weighted by Gasteiger charge is 2.34. The smallest absolute Gasteiger partial charge is 0.0798 e. The van der Waals surface area contributed by atoms with E-state index in [1.54, 1.807) is 0 Å². The molecule has 3 rings (SSSR count). The van der Waals surface area contributed by atoms with Crippen molar-refractivity contribution in [3.8, 4) is 0 Å². The van der Waals surface area contributed by atoms with Gasteiger partial charge in [0.2, 0.25) is 0 Å². The van der Waals surface area contributed by atoms with Crippen molar-refractivity contribution in [3.05, 3.63) is 23.8 Å². The van der Waals surface area contributed by atoms with Gasteiger partial charge < -0.3 is 10.0 Å². The lowest BCUT2D eigenvalue weighted by molar-refractivity contribution is -0.0432. The first-order valence-electron chi connectivity index (χ1n) is 8.08. The van der Waals surface area contributed by atoms with Gasteiger partial charge in [-0.15, -0.1) is 0 Å². The Morgan fingerprint density at radius 2 is 1.76 bits per heavy atom. The molecule has 2 fully saturated rings. The zero-order valence-corrected chi connectivity index (χ0v) is 13.0. The minimum atomic E-state index is -0.486. The van der Waals surface area contributed by atoms with Crippen LogP contribution < -0.4 is 0 Å². The third kappa shape index (κ3) is 3.99. The molecule has 0 radical (unpaired) electrons. The van der Waals surface area contributed by atoms with Crippen LogP contribution in [0.5, 0.6) is 0 Å². The Morgan fingerprint density at radius 3 is 2.38 bits per heavy atom. The average Bonchev–Trinajstić information content (AvgIpc) is 2.97. The molecule has 0 bridgehead atoms. The SMILES string of the molecule is Cc1cnc(CN2CCC(O)(CN3CCCC3)CC2)cn1. The third-order valence-corrected chi connectivity index (χ3v) is 4.72. The number of rotatable bonds is 4. The molecule has 0 aliphatic carbocycles. The van der Waals surface area contributed by atoms with Crippen LogP contribution >= 0.6 is 0 Å². The highest BCUT2D eigenvalue weighted by molar-refractivity contribution is 5.01. The summed E-state index contributed by atoms with van der Waals surface area (Å²) in [5, 5.41) is 10.8. The van der Waals surface area contributed by atoms with Crippen LogP contribution in [0.25, 0.3) is 0 Å². The molecule has 0 unspecified atom stereocenters. The zero-order chi connectivity index (χ0) is 14.7. The fourth-order valence-corrected chi connectivity index (χ4v) is 3.37. The van der Waals surface area contributed by atoms with Crippen molar-refractivity contribution < 1.29 is 5.11 Å². The Hall–Kier alpha value is -1.04. The van der Waals surface area contributed by atoms with Crippen molar-refractivity contribution in [2.75, 3.05) is 32.7 Å². The van der Waals surface area contributed by atoms with Crippen LogP contribution in [0.2, 0.25) is 0 Å². The van der Waals surface area contributed by atoms with Gasteiger partial charge in [0.05, 0.1) is 17.0 Å². The average molecular weight is 290 g/mol. The molecule has 0 aromatic carbocycles.